The second-order valence-electron chi connectivity index (χ2n) is 17.1. The Labute approximate surface area is 381 Å². The number of aliphatic hydroxyl groups excluding tert-OH is 1. The second-order valence-corrected chi connectivity index (χ2v) is 18.6. The maximum Gasteiger partial charge on any atom is 0.472 e. The number of aliphatic hydroxyl groups is 1. The molecule has 0 saturated heterocycles. The predicted octanol–water partition coefficient (Wildman–Crippen LogP) is 14.1. The van der Waals surface area contributed by atoms with Crippen molar-refractivity contribution in [2.24, 2.45) is 0 Å². The van der Waals surface area contributed by atoms with Crippen molar-refractivity contribution >= 4 is 13.7 Å². The third-order valence-electron chi connectivity index (χ3n) is 10.0. The van der Waals surface area contributed by atoms with Crippen molar-refractivity contribution < 1.29 is 32.9 Å². The first-order valence-corrected chi connectivity index (χ1v) is 25.7. The fraction of sp³-hybridized carbons (Fsp3) is 0.642. The molecule has 0 saturated carbocycles. The van der Waals surface area contributed by atoms with Crippen LogP contribution in [0.25, 0.3) is 0 Å². The Hall–Kier alpha value is -2.84. The molecule has 0 heterocycles. The van der Waals surface area contributed by atoms with E-state index in [4.69, 9.17) is 9.05 Å². The summed E-state index contributed by atoms with van der Waals surface area (Å²) < 4.78 is 23.6. The number of nitrogens with one attached hydrogen (secondary N) is 1. The molecule has 0 spiro atoms. The molecule has 0 bridgehead atoms. The van der Waals surface area contributed by atoms with Gasteiger partial charge in [-0.3, -0.25) is 13.8 Å². The molecule has 0 aromatic heterocycles. The molecular formula is C53H92N2O6P+. The fourth-order valence-electron chi connectivity index (χ4n) is 6.21. The van der Waals surface area contributed by atoms with Gasteiger partial charge in [0.2, 0.25) is 5.91 Å². The van der Waals surface area contributed by atoms with Crippen molar-refractivity contribution in [2.75, 3.05) is 40.9 Å². The van der Waals surface area contributed by atoms with E-state index in [-0.39, 0.29) is 19.1 Å². The maximum absolute atomic E-state index is 12.9. The summed E-state index contributed by atoms with van der Waals surface area (Å²) in [6.07, 6.45) is 62.8. The molecule has 0 rings (SSSR count). The van der Waals surface area contributed by atoms with Crippen LogP contribution in [0.1, 0.15) is 168 Å². The van der Waals surface area contributed by atoms with Crippen molar-refractivity contribution in [1.82, 2.24) is 5.32 Å². The number of hydrogen-bond donors (Lipinski definition) is 3. The number of amides is 1. The molecule has 8 nitrogen and oxygen atoms in total. The molecule has 0 aliphatic rings. The summed E-state index contributed by atoms with van der Waals surface area (Å²) in [5.74, 6) is -0.185. The van der Waals surface area contributed by atoms with E-state index in [2.05, 4.69) is 129 Å². The van der Waals surface area contributed by atoms with E-state index in [0.717, 1.165) is 103 Å². The molecule has 9 heteroatoms. The van der Waals surface area contributed by atoms with Crippen LogP contribution in [0.2, 0.25) is 0 Å². The molecule has 0 aromatic carbocycles. The van der Waals surface area contributed by atoms with Gasteiger partial charge in [-0.15, -0.1) is 0 Å². The first-order valence-electron chi connectivity index (χ1n) is 24.3. The van der Waals surface area contributed by atoms with Gasteiger partial charge < -0.3 is 19.8 Å². The summed E-state index contributed by atoms with van der Waals surface area (Å²) in [5, 5.41) is 13.9. The minimum atomic E-state index is -4.33. The summed E-state index contributed by atoms with van der Waals surface area (Å²) in [5.41, 5.74) is 0. The highest BCUT2D eigenvalue weighted by atomic mass is 31.2. The second kappa shape index (κ2) is 43.4. The van der Waals surface area contributed by atoms with Gasteiger partial charge in [0.05, 0.1) is 39.9 Å². The summed E-state index contributed by atoms with van der Waals surface area (Å²) >= 11 is 0. The molecule has 62 heavy (non-hydrogen) atoms. The first-order chi connectivity index (χ1) is 30.0. The Bertz CT molecular complexity index is 1370. The SMILES string of the molecule is CC/C=C\C/C=C\C/C=C\C/C=C\C/C=C\C/C=C\C/C=C\C/C=C\C/C=C\CCCCCC(=O)NC(COP(=O)(O)OCC[N+](C)(C)C)C(O)CCCCCCCCCCC. The fourth-order valence-corrected chi connectivity index (χ4v) is 6.95. The van der Waals surface area contributed by atoms with E-state index < -0.39 is 20.0 Å². The largest absolute Gasteiger partial charge is 0.472 e. The minimum Gasteiger partial charge on any atom is -0.391 e. The molecule has 3 atom stereocenters. The van der Waals surface area contributed by atoms with Gasteiger partial charge in [0.25, 0.3) is 0 Å². The molecule has 3 N–H and O–H groups in total. The van der Waals surface area contributed by atoms with E-state index in [0.29, 0.717) is 23.9 Å². The highest BCUT2D eigenvalue weighted by molar-refractivity contribution is 7.47. The van der Waals surface area contributed by atoms with Crippen molar-refractivity contribution in [3.05, 3.63) is 109 Å². The summed E-state index contributed by atoms with van der Waals surface area (Å²) in [7, 11) is 1.57. The summed E-state index contributed by atoms with van der Waals surface area (Å²) in [6, 6.07) is -0.784. The number of carbonyl (C=O) groups is 1. The molecule has 0 aromatic rings. The van der Waals surface area contributed by atoms with Crippen molar-refractivity contribution in [3.8, 4) is 0 Å². The number of nitrogens with zero attached hydrogens (tertiary/aromatic N) is 1. The van der Waals surface area contributed by atoms with Crippen LogP contribution in [0, 0.1) is 0 Å². The number of likely N-dealkylation sites (N-methyl/N-ethyl adjacent to an activating group) is 1. The zero-order valence-electron chi connectivity index (χ0n) is 40.1. The van der Waals surface area contributed by atoms with E-state index in [1.165, 1.54) is 38.5 Å². The Morgan fingerprint density at radius 3 is 1.40 bits per heavy atom. The zero-order chi connectivity index (χ0) is 45.7. The monoisotopic (exact) mass is 884 g/mol. The summed E-state index contributed by atoms with van der Waals surface area (Å²) in [4.78, 5) is 23.1. The van der Waals surface area contributed by atoms with Crippen LogP contribution >= 0.6 is 7.82 Å². The van der Waals surface area contributed by atoms with E-state index in [1.807, 2.05) is 21.1 Å². The average molecular weight is 884 g/mol. The van der Waals surface area contributed by atoms with Gasteiger partial charge in [-0.2, -0.15) is 0 Å². The summed E-state index contributed by atoms with van der Waals surface area (Å²) in [6.45, 7) is 4.69. The first kappa shape index (κ1) is 59.2. The number of quaternary nitrogens is 1. The maximum atomic E-state index is 12.9. The number of rotatable bonds is 42. The smallest absolute Gasteiger partial charge is 0.391 e. The van der Waals surface area contributed by atoms with Crippen LogP contribution < -0.4 is 5.32 Å². The Kier molecular flexibility index (Phi) is 41.4. The quantitative estimate of drug-likeness (QED) is 0.0244. The van der Waals surface area contributed by atoms with Gasteiger partial charge in [0.1, 0.15) is 13.2 Å². The van der Waals surface area contributed by atoms with Gasteiger partial charge in [0.15, 0.2) is 0 Å². The van der Waals surface area contributed by atoms with Crippen LogP contribution in [0.5, 0.6) is 0 Å². The molecule has 0 fully saturated rings. The highest BCUT2D eigenvalue weighted by Gasteiger charge is 2.28. The van der Waals surface area contributed by atoms with Gasteiger partial charge >= 0.3 is 7.82 Å². The van der Waals surface area contributed by atoms with Crippen LogP contribution in [-0.2, 0) is 18.4 Å². The molecule has 3 unspecified atom stereocenters. The zero-order valence-corrected chi connectivity index (χ0v) is 41.0. The highest BCUT2D eigenvalue weighted by Crippen LogP contribution is 2.43. The Balaban J connectivity index is 4.26. The van der Waals surface area contributed by atoms with Gasteiger partial charge in [0, 0.05) is 6.42 Å². The van der Waals surface area contributed by atoms with E-state index >= 15 is 0 Å². The number of phosphoric acid groups is 1. The number of phosphoric ester groups is 1. The minimum absolute atomic E-state index is 0.0611. The molecular weight excluding hydrogens is 792 g/mol. The van der Waals surface area contributed by atoms with E-state index in [9.17, 15) is 19.4 Å². The third-order valence-corrected chi connectivity index (χ3v) is 11.0. The van der Waals surface area contributed by atoms with Crippen LogP contribution in [0.15, 0.2) is 109 Å². The lowest BCUT2D eigenvalue weighted by Gasteiger charge is -2.26. The Morgan fingerprint density at radius 1 is 0.565 bits per heavy atom. The van der Waals surface area contributed by atoms with Crippen molar-refractivity contribution in [3.63, 3.8) is 0 Å². The lowest BCUT2D eigenvalue weighted by molar-refractivity contribution is -0.870. The topological polar surface area (TPSA) is 105 Å². The lowest BCUT2D eigenvalue weighted by Crippen LogP contribution is -2.46. The number of carbonyl (C=O) groups excluding carboxylic acids is 1. The standard InChI is InChI=1S/C53H91N2O6P/c1-6-8-10-12-14-16-17-18-19-20-21-22-23-24-25-26-27-28-29-30-31-32-33-34-35-36-37-39-41-43-45-47-53(57)54-51(50-61-62(58,59)60-49-48-55(3,4)5)52(56)46-44-42-40-38-15-13-11-9-7-2/h8,10,14,16,18-19,21-22,24-25,27-28,30-31,33-34,36-37,51-52,56H,6-7,9,11-13,15,17,20,23,26,29,32,35,38-50H2,1-5H3,(H-,54,57,58,59)/p+1/b10-8-,16-14-,19-18-,22-21-,25-24-,28-27-,31-30-,34-33-,37-36-. The molecule has 1 amide bonds. The van der Waals surface area contributed by atoms with Gasteiger partial charge in [-0.1, -0.05) is 187 Å². The molecule has 0 aliphatic heterocycles. The molecule has 0 radical (unpaired) electrons. The van der Waals surface area contributed by atoms with Gasteiger partial charge in [-0.25, -0.2) is 4.57 Å². The third kappa shape index (κ3) is 45.2. The number of unbranched alkanes of at least 4 members (excludes halogenated alkanes) is 11. The van der Waals surface area contributed by atoms with Crippen LogP contribution in [-0.4, -0.2) is 73.4 Å². The van der Waals surface area contributed by atoms with Crippen molar-refractivity contribution in [1.29, 1.82) is 0 Å². The normalized spacial score (nSPS) is 15.1. The predicted molar refractivity (Wildman–Crippen MR) is 267 cm³/mol. The lowest BCUT2D eigenvalue weighted by atomic mass is 10.0. The van der Waals surface area contributed by atoms with Crippen LogP contribution in [0.4, 0.5) is 0 Å². The Morgan fingerprint density at radius 2 is 0.968 bits per heavy atom. The average Bonchev–Trinajstić information content (AvgIpc) is 3.23. The van der Waals surface area contributed by atoms with Crippen molar-refractivity contribution in [2.45, 2.75) is 180 Å². The van der Waals surface area contributed by atoms with Crippen LogP contribution in [0.3, 0.4) is 0 Å². The molecule has 354 valence electrons. The molecule has 0 aliphatic carbocycles. The van der Waals surface area contributed by atoms with E-state index in [1.54, 1.807) is 0 Å². The number of hydrogen-bond acceptors (Lipinski definition) is 5. The van der Waals surface area contributed by atoms with Gasteiger partial charge in [-0.05, 0) is 83.5 Å². The number of allylic oxidation sites excluding steroid dienone is 18.